The van der Waals surface area contributed by atoms with Crippen molar-refractivity contribution in [1.82, 2.24) is 10.2 Å². The molecule has 0 fully saturated rings. The number of aromatic carboxylic acids is 1. The molecule has 0 unspecified atom stereocenters. The zero-order valence-electron chi connectivity index (χ0n) is 10.9. The smallest absolute Gasteiger partial charge is 0.345 e. The van der Waals surface area contributed by atoms with E-state index in [1.165, 1.54) is 0 Å². The van der Waals surface area contributed by atoms with E-state index in [1.54, 1.807) is 6.07 Å². The molecule has 0 saturated carbocycles. The number of anilines is 1. The molecule has 10 heteroatoms. The maximum atomic E-state index is 12.2. The minimum Gasteiger partial charge on any atom is -0.477 e. The zero-order valence-corrected chi connectivity index (χ0v) is 14.1. The lowest BCUT2D eigenvalue weighted by Crippen LogP contribution is -2.13. The lowest BCUT2D eigenvalue weighted by Gasteiger charge is -2.03. The Morgan fingerprint density at radius 2 is 2.24 bits per heavy atom. The topological polar surface area (TPSA) is 112 Å². The first kappa shape index (κ1) is 16.0. The summed E-state index contributed by atoms with van der Waals surface area (Å²) in [5, 5.41) is 15.5. The molecule has 3 N–H and O–H groups in total. The number of aromatic amines is 1. The first-order valence-corrected chi connectivity index (χ1v) is 9.02. The van der Waals surface area contributed by atoms with Crippen molar-refractivity contribution in [2.45, 2.75) is 24.7 Å². The summed E-state index contributed by atoms with van der Waals surface area (Å²) in [5.41, 5.74) is 0.825. The van der Waals surface area contributed by atoms with Gasteiger partial charge in [-0.1, -0.05) is 13.3 Å². The van der Waals surface area contributed by atoms with Crippen LogP contribution in [0.4, 0.5) is 5.82 Å². The van der Waals surface area contributed by atoms with E-state index in [1.807, 2.05) is 6.92 Å². The maximum Gasteiger partial charge on any atom is 0.345 e. The molecule has 0 aromatic carbocycles. The number of rotatable bonds is 6. The maximum absolute atomic E-state index is 12.2. The summed E-state index contributed by atoms with van der Waals surface area (Å²) in [7, 11) is -3.89. The van der Waals surface area contributed by atoms with Crippen LogP contribution >= 0.6 is 27.3 Å². The Bertz CT molecular complexity index is 766. The van der Waals surface area contributed by atoms with Gasteiger partial charge in [0.15, 0.2) is 5.82 Å². The molecule has 21 heavy (non-hydrogen) atoms. The number of aromatic nitrogens is 2. The van der Waals surface area contributed by atoms with E-state index >= 15 is 0 Å². The number of nitrogens with zero attached hydrogens (tertiary/aromatic N) is 1. The number of sulfonamides is 1. The Kier molecular flexibility index (Phi) is 4.69. The van der Waals surface area contributed by atoms with Gasteiger partial charge in [0.25, 0.3) is 10.0 Å². The van der Waals surface area contributed by atoms with Gasteiger partial charge in [-0.15, -0.1) is 11.3 Å². The van der Waals surface area contributed by atoms with Gasteiger partial charge >= 0.3 is 5.97 Å². The minimum absolute atomic E-state index is 0.0593. The van der Waals surface area contributed by atoms with E-state index in [0.29, 0.717) is 0 Å². The molecule has 0 amide bonds. The van der Waals surface area contributed by atoms with Gasteiger partial charge < -0.3 is 5.11 Å². The van der Waals surface area contributed by atoms with E-state index in [0.717, 1.165) is 35.9 Å². The quantitative estimate of drug-likeness (QED) is 0.698. The fourth-order valence-electron chi connectivity index (χ4n) is 1.64. The Morgan fingerprint density at radius 3 is 2.81 bits per heavy atom. The van der Waals surface area contributed by atoms with Crippen molar-refractivity contribution < 1.29 is 18.3 Å². The van der Waals surface area contributed by atoms with Gasteiger partial charge in [0.2, 0.25) is 0 Å². The van der Waals surface area contributed by atoms with Crippen LogP contribution in [-0.4, -0.2) is 29.7 Å². The highest BCUT2D eigenvalue weighted by molar-refractivity contribution is 9.11. The Hall–Kier alpha value is -1.39. The lowest BCUT2D eigenvalue weighted by atomic mass is 10.2. The van der Waals surface area contributed by atoms with Crippen molar-refractivity contribution in [3.63, 3.8) is 0 Å². The zero-order chi connectivity index (χ0) is 15.6. The summed E-state index contributed by atoms with van der Waals surface area (Å²) in [4.78, 5) is 10.7. The average molecular weight is 394 g/mol. The first-order valence-electron chi connectivity index (χ1n) is 5.93. The predicted octanol–water partition coefficient (Wildman–Crippen LogP) is 2.69. The highest BCUT2D eigenvalue weighted by Crippen LogP contribution is 2.32. The molecule has 0 atom stereocenters. The van der Waals surface area contributed by atoms with Crippen LogP contribution in [0.3, 0.4) is 0 Å². The summed E-state index contributed by atoms with van der Waals surface area (Å²) >= 11 is 3.92. The van der Waals surface area contributed by atoms with E-state index in [9.17, 15) is 13.2 Å². The van der Waals surface area contributed by atoms with Crippen LogP contribution in [0.1, 0.15) is 28.7 Å². The molecule has 2 rings (SSSR count). The summed E-state index contributed by atoms with van der Waals surface area (Å²) in [6, 6.07) is 2.72. The fourth-order valence-corrected chi connectivity index (χ4v) is 5.04. The van der Waals surface area contributed by atoms with Crippen LogP contribution in [0, 0.1) is 0 Å². The molecule has 0 bridgehead atoms. The molecular weight excluding hydrogens is 382 g/mol. The van der Waals surface area contributed by atoms with Gasteiger partial charge in [0, 0.05) is 11.8 Å². The van der Waals surface area contributed by atoms with Crippen LogP contribution in [0.2, 0.25) is 0 Å². The van der Waals surface area contributed by atoms with Gasteiger partial charge in [-0.25, -0.2) is 13.2 Å². The Balaban J connectivity index is 2.27. The number of halogens is 1. The molecule has 2 heterocycles. The predicted molar refractivity (Wildman–Crippen MR) is 82.4 cm³/mol. The van der Waals surface area contributed by atoms with Crippen molar-refractivity contribution in [3.8, 4) is 0 Å². The van der Waals surface area contributed by atoms with E-state index in [4.69, 9.17) is 5.11 Å². The van der Waals surface area contributed by atoms with Crippen LogP contribution < -0.4 is 4.72 Å². The Morgan fingerprint density at radius 1 is 1.52 bits per heavy atom. The molecule has 0 spiro atoms. The second-order valence-corrected chi connectivity index (χ2v) is 8.21. The molecule has 2 aromatic heterocycles. The standard InChI is InChI=1S/C11H12BrN3O4S2/c1-2-3-6-4-9(14-13-6)15-21(18,19)8-5-7(11(16)17)20-10(8)12/h4-5H,2-3H2,1H3,(H,16,17)(H2,13,14,15). The van der Waals surface area contributed by atoms with Crippen molar-refractivity contribution in [2.75, 3.05) is 4.72 Å². The number of hydrogen-bond acceptors (Lipinski definition) is 5. The normalized spacial score (nSPS) is 11.5. The van der Waals surface area contributed by atoms with Gasteiger partial charge in [0.1, 0.15) is 9.77 Å². The van der Waals surface area contributed by atoms with E-state index < -0.39 is 16.0 Å². The van der Waals surface area contributed by atoms with Crippen molar-refractivity contribution in [3.05, 3.63) is 26.5 Å². The number of carboxylic acids is 1. The van der Waals surface area contributed by atoms with E-state index in [-0.39, 0.29) is 19.4 Å². The number of carboxylic acid groups (broad SMARTS) is 1. The van der Waals surface area contributed by atoms with Crippen LogP contribution in [0.25, 0.3) is 0 Å². The molecule has 0 radical (unpaired) electrons. The van der Waals surface area contributed by atoms with Crippen molar-refractivity contribution >= 4 is 49.1 Å². The second-order valence-electron chi connectivity index (χ2n) is 4.19. The molecule has 0 aliphatic rings. The molecule has 0 aliphatic heterocycles. The number of aryl methyl sites for hydroxylation is 1. The number of thiophene rings is 1. The highest BCUT2D eigenvalue weighted by atomic mass is 79.9. The molecule has 2 aromatic rings. The third-order valence-corrected chi connectivity index (χ3v) is 6.14. The SMILES string of the molecule is CCCc1cc(NS(=O)(=O)c2cc(C(=O)O)sc2Br)n[nH]1. The fraction of sp³-hybridized carbons (Fsp3) is 0.273. The van der Waals surface area contributed by atoms with Gasteiger partial charge in [-0.3, -0.25) is 9.82 Å². The summed E-state index contributed by atoms with van der Waals surface area (Å²) in [6.45, 7) is 2.00. The van der Waals surface area contributed by atoms with Crippen LogP contribution in [-0.2, 0) is 16.4 Å². The van der Waals surface area contributed by atoms with Gasteiger partial charge in [-0.2, -0.15) is 5.10 Å². The third-order valence-electron chi connectivity index (χ3n) is 2.54. The van der Waals surface area contributed by atoms with Crippen molar-refractivity contribution in [2.24, 2.45) is 0 Å². The van der Waals surface area contributed by atoms with E-state index in [2.05, 4.69) is 30.8 Å². The largest absolute Gasteiger partial charge is 0.477 e. The monoisotopic (exact) mass is 393 g/mol. The van der Waals surface area contributed by atoms with Gasteiger partial charge in [-0.05, 0) is 28.4 Å². The summed E-state index contributed by atoms with van der Waals surface area (Å²) < 4.78 is 27.0. The molecule has 7 nitrogen and oxygen atoms in total. The Labute approximate surface area is 133 Å². The lowest BCUT2D eigenvalue weighted by molar-refractivity contribution is 0.0702. The summed E-state index contributed by atoms with van der Waals surface area (Å²) in [6.07, 6.45) is 1.67. The number of carbonyl (C=O) groups is 1. The number of hydrogen-bond donors (Lipinski definition) is 3. The third kappa shape index (κ3) is 3.63. The first-order chi connectivity index (χ1) is 9.83. The highest BCUT2D eigenvalue weighted by Gasteiger charge is 2.24. The molecule has 0 aliphatic carbocycles. The number of nitrogens with one attached hydrogen (secondary N) is 2. The molecule has 114 valence electrons. The minimum atomic E-state index is -3.89. The number of H-pyrrole nitrogens is 1. The van der Waals surface area contributed by atoms with Crippen LogP contribution in [0.15, 0.2) is 20.8 Å². The molecular formula is C11H12BrN3O4S2. The molecule has 0 saturated heterocycles. The van der Waals surface area contributed by atoms with Gasteiger partial charge in [0.05, 0.1) is 3.79 Å². The van der Waals surface area contributed by atoms with Crippen LogP contribution in [0.5, 0.6) is 0 Å². The average Bonchev–Trinajstić information content (AvgIpc) is 2.96. The van der Waals surface area contributed by atoms with Crippen molar-refractivity contribution in [1.29, 1.82) is 0 Å². The second kappa shape index (κ2) is 6.16. The summed E-state index contributed by atoms with van der Waals surface area (Å²) in [5.74, 6) is -0.999.